The number of alkyl halides is 3. The number of benzene rings is 3. The number of amidine groups is 1. The first-order valence-electron chi connectivity index (χ1n) is 8.25. The molecule has 0 bridgehead atoms. The van der Waals surface area contributed by atoms with E-state index < -0.39 is 21.8 Å². The maximum Gasteiger partial charge on any atom is 0.416 e. The zero-order valence-electron chi connectivity index (χ0n) is 14.7. The van der Waals surface area contributed by atoms with Gasteiger partial charge in [0.2, 0.25) is 0 Å². The molecule has 4 nitrogen and oxygen atoms in total. The SMILES string of the molecule is O=S(=O)(/N=C(\Nc1cccc(C(F)(F)F)c1)c1ccccc1)c1ccc(Br)cc1. The normalized spacial score (nSPS) is 12.6. The van der Waals surface area contributed by atoms with Crippen LogP contribution < -0.4 is 5.32 Å². The lowest BCUT2D eigenvalue weighted by molar-refractivity contribution is -0.137. The molecular formula is C20H14BrF3N2O2S. The fourth-order valence-electron chi connectivity index (χ4n) is 2.43. The van der Waals surface area contributed by atoms with Crippen LogP contribution in [0.4, 0.5) is 18.9 Å². The molecule has 0 heterocycles. The second-order valence-electron chi connectivity index (χ2n) is 5.94. The number of hydrogen-bond donors (Lipinski definition) is 1. The summed E-state index contributed by atoms with van der Waals surface area (Å²) in [6.45, 7) is 0. The summed E-state index contributed by atoms with van der Waals surface area (Å²) in [4.78, 5) is -0.0417. The Balaban J connectivity index is 2.05. The molecule has 9 heteroatoms. The van der Waals surface area contributed by atoms with Gasteiger partial charge in [-0.15, -0.1) is 4.40 Å². The molecule has 29 heavy (non-hydrogen) atoms. The van der Waals surface area contributed by atoms with E-state index in [4.69, 9.17) is 0 Å². The average Bonchev–Trinajstić information content (AvgIpc) is 2.68. The van der Waals surface area contributed by atoms with Crippen LogP contribution in [-0.2, 0) is 16.2 Å². The summed E-state index contributed by atoms with van der Waals surface area (Å²) in [7, 11) is -4.10. The third kappa shape index (κ3) is 5.45. The van der Waals surface area contributed by atoms with Gasteiger partial charge in [0.25, 0.3) is 10.0 Å². The molecule has 0 radical (unpaired) electrons. The molecule has 0 aliphatic rings. The molecule has 3 rings (SSSR count). The van der Waals surface area contributed by atoms with Gasteiger partial charge in [0.1, 0.15) is 0 Å². The van der Waals surface area contributed by atoms with Crippen molar-refractivity contribution >= 4 is 37.5 Å². The first-order valence-corrected chi connectivity index (χ1v) is 10.5. The largest absolute Gasteiger partial charge is 0.416 e. The summed E-state index contributed by atoms with van der Waals surface area (Å²) in [5.74, 6) is -0.0900. The number of anilines is 1. The highest BCUT2D eigenvalue weighted by Crippen LogP contribution is 2.31. The standard InChI is InChI=1S/C20H14BrF3N2O2S/c21-16-9-11-18(12-10-16)29(27,28)26-19(14-5-2-1-3-6-14)25-17-8-4-7-15(13-17)20(22,23)24/h1-13H,(H,25,26). The Morgan fingerprint density at radius 3 is 2.17 bits per heavy atom. The molecule has 0 saturated carbocycles. The van der Waals surface area contributed by atoms with Crippen molar-refractivity contribution in [3.05, 3.63) is 94.5 Å². The molecule has 0 amide bonds. The minimum absolute atomic E-state index is 0.0417. The van der Waals surface area contributed by atoms with Crippen LogP contribution in [0.15, 0.2) is 92.6 Å². The van der Waals surface area contributed by atoms with E-state index in [0.717, 1.165) is 12.1 Å². The van der Waals surface area contributed by atoms with Crippen molar-refractivity contribution in [1.29, 1.82) is 0 Å². The molecule has 0 saturated heterocycles. The average molecular weight is 483 g/mol. The van der Waals surface area contributed by atoms with E-state index in [9.17, 15) is 21.6 Å². The molecule has 0 aliphatic carbocycles. The van der Waals surface area contributed by atoms with Crippen LogP contribution in [0, 0.1) is 0 Å². The van der Waals surface area contributed by atoms with Gasteiger partial charge in [-0.3, -0.25) is 0 Å². The van der Waals surface area contributed by atoms with E-state index in [0.29, 0.717) is 10.0 Å². The quantitative estimate of drug-likeness (QED) is 0.382. The highest BCUT2D eigenvalue weighted by atomic mass is 79.9. The maximum atomic E-state index is 13.0. The van der Waals surface area contributed by atoms with Crippen LogP contribution >= 0.6 is 15.9 Å². The van der Waals surface area contributed by atoms with Gasteiger partial charge in [-0.1, -0.05) is 52.3 Å². The first-order chi connectivity index (χ1) is 13.6. The van der Waals surface area contributed by atoms with Crippen LogP contribution in [0.5, 0.6) is 0 Å². The number of halogens is 4. The van der Waals surface area contributed by atoms with E-state index in [-0.39, 0.29) is 16.4 Å². The Morgan fingerprint density at radius 2 is 1.55 bits per heavy atom. The molecular weight excluding hydrogens is 469 g/mol. The third-order valence-electron chi connectivity index (χ3n) is 3.82. The Morgan fingerprint density at radius 1 is 0.897 bits per heavy atom. The predicted octanol–water partition coefficient (Wildman–Crippen LogP) is 5.72. The smallest absolute Gasteiger partial charge is 0.339 e. The van der Waals surface area contributed by atoms with Crippen LogP contribution in [0.25, 0.3) is 0 Å². The van der Waals surface area contributed by atoms with Crippen molar-refractivity contribution in [1.82, 2.24) is 0 Å². The van der Waals surface area contributed by atoms with E-state index in [1.807, 2.05) is 0 Å². The zero-order valence-corrected chi connectivity index (χ0v) is 17.1. The Hall–Kier alpha value is -2.65. The number of sulfonamides is 1. The number of rotatable bonds is 4. The molecule has 0 aromatic heterocycles. The Kier molecular flexibility index (Phi) is 6.09. The molecule has 0 spiro atoms. The van der Waals surface area contributed by atoms with Gasteiger partial charge in [-0.2, -0.15) is 21.6 Å². The number of nitrogens with zero attached hydrogens (tertiary/aromatic N) is 1. The minimum Gasteiger partial charge on any atom is -0.339 e. The Bertz CT molecular complexity index is 1130. The van der Waals surface area contributed by atoms with Crippen LogP contribution in [0.2, 0.25) is 0 Å². The molecule has 0 fully saturated rings. The van der Waals surface area contributed by atoms with Gasteiger partial charge < -0.3 is 5.32 Å². The predicted molar refractivity (Wildman–Crippen MR) is 109 cm³/mol. The lowest BCUT2D eigenvalue weighted by Gasteiger charge is -2.13. The van der Waals surface area contributed by atoms with E-state index >= 15 is 0 Å². The summed E-state index contributed by atoms with van der Waals surface area (Å²) in [5.41, 5.74) is -0.385. The van der Waals surface area contributed by atoms with Crippen molar-refractivity contribution in [2.45, 2.75) is 11.1 Å². The molecule has 3 aromatic rings. The summed E-state index contributed by atoms with van der Waals surface area (Å²) in [5, 5.41) is 2.71. The topological polar surface area (TPSA) is 58.5 Å². The molecule has 0 atom stereocenters. The van der Waals surface area contributed by atoms with Gasteiger partial charge in [0, 0.05) is 15.7 Å². The van der Waals surface area contributed by atoms with E-state index in [1.165, 1.54) is 24.3 Å². The summed E-state index contributed by atoms with van der Waals surface area (Å²) in [6.07, 6.45) is -4.52. The fraction of sp³-hybridized carbons (Fsp3) is 0.0500. The molecule has 1 N–H and O–H groups in total. The van der Waals surface area contributed by atoms with Crippen molar-refractivity contribution in [2.24, 2.45) is 4.40 Å². The van der Waals surface area contributed by atoms with Crippen LogP contribution in [0.3, 0.4) is 0 Å². The lowest BCUT2D eigenvalue weighted by Crippen LogP contribution is -2.17. The molecule has 0 unspecified atom stereocenters. The first kappa shape index (κ1) is 21.1. The second kappa shape index (κ2) is 8.38. The van der Waals surface area contributed by atoms with Gasteiger partial charge in [0.15, 0.2) is 5.84 Å². The van der Waals surface area contributed by atoms with Gasteiger partial charge in [-0.05, 0) is 42.5 Å². The highest BCUT2D eigenvalue weighted by molar-refractivity contribution is 9.10. The van der Waals surface area contributed by atoms with Gasteiger partial charge >= 0.3 is 6.18 Å². The summed E-state index contributed by atoms with van der Waals surface area (Å²) in [6, 6.07) is 18.6. The fourth-order valence-corrected chi connectivity index (χ4v) is 3.67. The van der Waals surface area contributed by atoms with Crippen molar-refractivity contribution in [3.63, 3.8) is 0 Å². The molecule has 0 aliphatic heterocycles. The van der Waals surface area contributed by atoms with Crippen molar-refractivity contribution < 1.29 is 21.6 Å². The highest BCUT2D eigenvalue weighted by Gasteiger charge is 2.30. The zero-order chi connectivity index (χ0) is 21.1. The Labute approximate surface area is 174 Å². The van der Waals surface area contributed by atoms with E-state index in [1.54, 1.807) is 42.5 Å². The van der Waals surface area contributed by atoms with Crippen LogP contribution in [0.1, 0.15) is 11.1 Å². The summed E-state index contributed by atoms with van der Waals surface area (Å²) >= 11 is 3.23. The van der Waals surface area contributed by atoms with Crippen LogP contribution in [-0.4, -0.2) is 14.3 Å². The molecule has 150 valence electrons. The van der Waals surface area contributed by atoms with E-state index in [2.05, 4.69) is 25.6 Å². The third-order valence-corrected chi connectivity index (χ3v) is 5.64. The second-order valence-corrected chi connectivity index (χ2v) is 8.46. The molecule has 3 aromatic carbocycles. The number of nitrogens with one attached hydrogen (secondary N) is 1. The monoisotopic (exact) mass is 482 g/mol. The van der Waals surface area contributed by atoms with Gasteiger partial charge in [-0.25, -0.2) is 0 Å². The van der Waals surface area contributed by atoms with Crippen molar-refractivity contribution in [2.75, 3.05) is 5.32 Å². The van der Waals surface area contributed by atoms with Gasteiger partial charge in [0.05, 0.1) is 10.5 Å². The summed E-state index contributed by atoms with van der Waals surface area (Å²) < 4.78 is 69.0. The lowest BCUT2D eigenvalue weighted by atomic mass is 10.1. The maximum absolute atomic E-state index is 13.0. The van der Waals surface area contributed by atoms with Crippen molar-refractivity contribution in [3.8, 4) is 0 Å². The minimum atomic E-state index is -4.52. The number of hydrogen-bond acceptors (Lipinski definition) is 2.